The third kappa shape index (κ3) is 7.35. The Balaban J connectivity index is 1.19. The molecule has 0 saturated heterocycles. The van der Waals surface area contributed by atoms with Crippen LogP contribution < -0.4 is 31.1 Å². The van der Waals surface area contributed by atoms with E-state index in [1.165, 1.54) is 55.7 Å². The van der Waals surface area contributed by atoms with E-state index in [4.69, 9.17) is 4.42 Å². The first kappa shape index (κ1) is 45.7. The van der Waals surface area contributed by atoms with E-state index in [9.17, 15) is 0 Å². The lowest BCUT2D eigenvalue weighted by Gasteiger charge is -2.44. The Bertz CT molecular complexity index is 3680. The third-order valence-corrected chi connectivity index (χ3v) is 15.4. The molecule has 0 N–H and O–H groups in total. The van der Waals surface area contributed by atoms with Gasteiger partial charge in [0, 0.05) is 62.3 Å². The molecule has 7 aromatic carbocycles. The molecule has 0 atom stereocenters. The van der Waals surface area contributed by atoms with Crippen molar-refractivity contribution in [1.29, 1.82) is 0 Å². The largest absolute Gasteiger partial charge is 0.454 e. The maximum atomic E-state index is 7.01. The highest BCUT2D eigenvalue weighted by atomic mass is 16.3. The molecule has 0 bridgehead atoms. The average molecular weight is 941 g/mol. The van der Waals surface area contributed by atoms with Gasteiger partial charge in [-0.2, -0.15) is 0 Å². The number of aromatic nitrogens is 1. The summed E-state index contributed by atoms with van der Waals surface area (Å²) in [5.41, 5.74) is 20.6. The zero-order valence-electron chi connectivity index (χ0n) is 44.0. The number of hydrogen-bond acceptors (Lipinski definition) is 4. The van der Waals surface area contributed by atoms with E-state index in [-0.39, 0.29) is 28.4 Å². The number of fused-ring (bicyclic) bond motifs is 9. The molecule has 0 amide bonds. The van der Waals surface area contributed by atoms with Gasteiger partial charge in [0.1, 0.15) is 11.4 Å². The van der Waals surface area contributed by atoms with Gasteiger partial charge in [-0.05, 0) is 145 Å². The first-order valence-electron chi connectivity index (χ1n) is 25.8. The lowest BCUT2D eigenvalue weighted by molar-refractivity contribution is 0.586. The van der Waals surface area contributed by atoms with Crippen LogP contribution >= 0.6 is 0 Å². The number of nitrogens with zero attached hydrogens (tertiary/aromatic N) is 4. The van der Waals surface area contributed by atoms with Gasteiger partial charge in [-0.1, -0.05) is 168 Å². The fourth-order valence-corrected chi connectivity index (χ4v) is 11.3. The zero-order valence-corrected chi connectivity index (χ0v) is 44.0. The molecule has 0 aliphatic carbocycles. The molecular weight excluding hydrogens is 876 g/mol. The molecule has 5 heterocycles. The topological polar surface area (TPSA) is 27.3 Å². The molecule has 0 fully saturated rings. The highest BCUT2D eigenvalue weighted by molar-refractivity contribution is 7.00. The highest BCUT2D eigenvalue weighted by Crippen LogP contribution is 2.50. The van der Waals surface area contributed by atoms with Gasteiger partial charge in [0.2, 0.25) is 0 Å². The molecular formula is C66H65BN4O. The van der Waals surface area contributed by atoms with Crippen LogP contribution in [0.5, 0.6) is 0 Å². The molecule has 2 aliphatic heterocycles. The van der Waals surface area contributed by atoms with Crippen LogP contribution in [0.2, 0.25) is 0 Å². The molecule has 12 rings (SSSR count). The van der Waals surface area contributed by atoms with Gasteiger partial charge in [0.05, 0.1) is 5.69 Å². The van der Waals surface area contributed by atoms with Gasteiger partial charge < -0.3 is 18.6 Å². The molecule has 10 aromatic rings. The smallest absolute Gasteiger partial charge is 0.254 e. The van der Waals surface area contributed by atoms with Crippen molar-refractivity contribution in [1.82, 2.24) is 4.40 Å². The van der Waals surface area contributed by atoms with Gasteiger partial charge in [0.25, 0.3) is 6.71 Å². The summed E-state index contributed by atoms with van der Waals surface area (Å²) in [6.45, 7) is 27.6. The maximum Gasteiger partial charge on any atom is 0.254 e. The number of hydrogen-bond donors (Lipinski definition) is 0. The predicted octanol–water partition coefficient (Wildman–Crippen LogP) is 16.6. The summed E-state index contributed by atoms with van der Waals surface area (Å²) >= 11 is 0. The SMILES string of the molecule is CC(C)(C)c1ccc(N(c2ccc(C(C)(C)C)cc2)c2ccc3c(c2)N(c2cccc4c2oc2ccccc24)c2cc(C(C)(C)C)cc4c2B3c2cc3ccc(C(C)(C)C)cn3c2N4c2ccccc2)cc1. The van der Waals surface area contributed by atoms with E-state index in [1.807, 2.05) is 0 Å². The van der Waals surface area contributed by atoms with Crippen LogP contribution in [0.4, 0.5) is 51.3 Å². The Kier molecular flexibility index (Phi) is 10.2. The monoisotopic (exact) mass is 941 g/mol. The predicted molar refractivity (Wildman–Crippen MR) is 308 cm³/mol. The van der Waals surface area contributed by atoms with E-state index in [0.717, 1.165) is 61.8 Å². The second-order valence-corrected chi connectivity index (χ2v) is 24.4. The van der Waals surface area contributed by atoms with Crippen molar-refractivity contribution in [2.24, 2.45) is 0 Å². The van der Waals surface area contributed by atoms with E-state index in [1.54, 1.807) is 0 Å². The summed E-state index contributed by atoms with van der Waals surface area (Å²) in [5, 5.41) is 2.21. The maximum absolute atomic E-state index is 7.01. The Morgan fingerprint density at radius 2 is 0.972 bits per heavy atom. The van der Waals surface area contributed by atoms with Crippen molar-refractivity contribution in [3.05, 3.63) is 198 Å². The number of rotatable bonds is 5. The van der Waals surface area contributed by atoms with E-state index in [2.05, 4.69) is 278 Å². The summed E-state index contributed by atoms with van der Waals surface area (Å²) in [5.74, 6) is 1.18. The summed E-state index contributed by atoms with van der Waals surface area (Å²) < 4.78 is 9.48. The van der Waals surface area contributed by atoms with Crippen molar-refractivity contribution in [2.45, 2.75) is 105 Å². The fraction of sp³-hybridized carbons (Fsp3) is 0.242. The van der Waals surface area contributed by atoms with E-state index < -0.39 is 0 Å². The summed E-state index contributed by atoms with van der Waals surface area (Å²) in [7, 11) is 0. The van der Waals surface area contributed by atoms with Crippen LogP contribution in [-0.4, -0.2) is 11.1 Å². The van der Waals surface area contributed by atoms with Crippen molar-refractivity contribution in [2.75, 3.05) is 14.7 Å². The van der Waals surface area contributed by atoms with Crippen LogP contribution in [0.3, 0.4) is 0 Å². The number of furan rings is 1. The van der Waals surface area contributed by atoms with E-state index in [0.29, 0.717) is 0 Å². The minimum atomic E-state index is -0.182. The molecule has 0 radical (unpaired) electrons. The zero-order chi connectivity index (χ0) is 50.2. The van der Waals surface area contributed by atoms with Gasteiger partial charge in [-0.3, -0.25) is 4.90 Å². The summed E-state index contributed by atoms with van der Waals surface area (Å²) in [4.78, 5) is 7.53. The Hall–Kier alpha value is -7.44. The lowest BCUT2D eigenvalue weighted by Crippen LogP contribution is -2.61. The van der Waals surface area contributed by atoms with Crippen LogP contribution in [0.15, 0.2) is 180 Å². The molecule has 3 aromatic heterocycles. The van der Waals surface area contributed by atoms with Crippen LogP contribution in [0, 0.1) is 0 Å². The van der Waals surface area contributed by atoms with Crippen molar-refractivity contribution < 1.29 is 4.42 Å². The molecule has 5 nitrogen and oxygen atoms in total. The van der Waals surface area contributed by atoms with E-state index >= 15 is 0 Å². The molecule has 72 heavy (non-hydrogen) atoms. The third-order valence-electron chi connectivity index (χ3n) is 15.4. The normalized spacial score (nSPS) is 13.8. The molecule has 0 saturated carbocycles. The minimum Gasteiger partial charge on any atom is -0.454 e. The number of para-hydroxylation sites is 3. The molecule has 0 unspecified atom stereocenters. The molecule has 2 aliphatic rings. The second-order valence-electron chi connectivity index (χ2n) is 24.4. The first-order chi connectivity index (χ1) is 34.2. The number of benzene rings is 7. The standard InChI is InChI=1S/C66H65BN4O/c1-63(2,3)42-25-30-47(31-26-42)69(48-32-27-43(28-33-48)64(4,5)6)50-35-36-53-56(40-50)71(55-23-18-22-52-51-21-16-17-24-59(51)72-61(52)55)58-38-45(66(10,11)12)37-57-60(58)67(53)54-39-49-34-29-44(65(7,8)9)41-68(49)62(54)70(57)46-19-14-13-15-20-46/h13-41H,1-12H3. The molecule has 358 valence electrons. The molecule has 6 heteroatoms. The number of pyridine rings is 1. The van der Waals surface area contributed by atoms with Gasteiger partial charge in [-0.25, -0.2) is 0 Å². The Labute approximate surface area is 426 Å². The summed E-state index contributed by atoms with van der Waals surface area (Å²) in [6.07, 6.45) is 2.39. The van der Waals surface area contributed by atoms with Crippen LogP contribution in [-0.2, 0) is 21.7 Å². The van der Waals surface area contributed by atoms with Crippen molar-refractivity contribution in [3.63, 3.8) is 0 Å². The minimum absolute atomic E-state index is 0.0208. The summed E-state index contributed by atoms with van der Waals surface area (Å²) in [6, 6.07) is 63.8. The van der Waals surface area contributed by atoms with Crippen molar-refractivity contribution >= 4 is 102 Å². The van der Waals surface area contributed by atoms with Gasteiger partial charge in [0.15, 0.2) is 5.58 Å². The average Bonchev–Trinajstić information content (AvgIpc) is 3.92. The Morgan fingerprint density at radius 1 is 0.417 bits per heavy atom. The van der Waals surface area contributed by atoms with Gasteiger partial charge >= 0.3 is 0 Å². The lowest BCUT2D eigenvalue weighted by atomic mass is 9.34. The first-order valence-corrected chi connectivity index (χ1v) is 25.8. The number of anilines is 9. The van der Waals surface area contributed by atoms with Crippen LogP contribution in [0.25, 0.3) is 27.5 Å². The highest BCUT2D eigenvalue weighted by Gasteiger charge is 2.46. The quantitative estimate of drug-likeness (QED) is 0.161. The van der Waals surface area contributed by atoms with Crippen LogP contribution in [0.1, 0.15) is 105 Å². The van der Waals surface area contributed by atoms with Gasteiger partial charge in [-0.15, -0.1) is 0 Å². The molecule has 0 spiro atoms. The fourth-order valence-electron chi connectivity index (χ4n) is 11.3. The van der Waals surface area contributed by atoms with Crippen molar-refractivity contribution in [3.8, 4) is 0 Å². The second kappa shape index (κ2) is 16.0. The Morgan fingerprint density at radius 3 is 1.60 bits per heavy atom.